The summed E-state index contributed by atoms with van der Waals surface area (Å²) in [7, 11) is 1.78. The molecule has 0 radical (unpaired) electrons. The number of fused-ring (bicyclic) bond motifs is 2. The Labute approximate surface area is 432 Å². The monoisotopic (exact) mass is 1040 g/mol. The highest BCUT2D eigenvalue weighted by atomic mass is 79.9. The number of benzene rings is 6. The molecule has 2 aliphatic rings. The van der Waals surface area contributed by atoms with Crippen LogP contribution in [0, 0.1) is 11.8 Å². The summed E-state index contributed by atoms with van der Waals surface area (Å²) in [5.41, 5.74) is 8.66. The predicted molar refractivity (Wildman–Crippen MR) is 284 cm³/mol. The van der Waals surface area contributed by atoms with Gasteiger partial charge in [0.25, 0.3) is 0 Å². The van der Waals surface area contributed by atoms with E-state index in [2.05, 4.69) is 74.0 Å². The SMILES string of the molecule is CCOC(=O)C(C)Cc1ccc(OCc2cc(Br)cc3c2OC(C)(C)C3)cc1.COc1cccc(-c2cc(COc3ccc(CC(C)C(=O)O)cc3)c3c(c2)CC(C)(C)O3)c1.COc1cccc(B(O)O)c1. The fourth-order valence-corrected chi connectivity index (χ4v) is 9.00. The summed E-state index contributed by atoms with van der Waals surface area (Å²) in [4.78, 5) is 22.9. The summed E-state index contributed by atoms with van der Waals surface area (Å²) in [6, 6.07) is 38.7. The molecule has 0 aromatic heterocycles. The van der Waals surface area contributed by atoms with E-state index < -0.39 is 19.0 Å². The summed E-state index contributed by atoms with van der Waals surface area (Å²) in [5, 5.41) is 26.6. The predicted octanol–water partition coefficient (Wildman–Crippen LogP) is 10.8. The van der Waals surface area contributed by atoms with Crippen molar-refractivity contribution in [1.29, 1.82) is 0 Å². The van der Waals surface area contributed by atoms with Crippen molar-refractivity contribution in [3.8, 4) is 45.6 Å². The first kappa shape index (κ1) is 54.8. The van der Waals surface area contributed by atoms with Gasteiger partial charge in [-0.2, -0.15) is 0 Å². The number of carboxylic acid groups (broad SMARTS) is 1. The van der Waals surface area contributed by atoms with Gasteiger partial charge in [0, 0.05) is 28.4 Å². The Hall–Kier alpha value is -6.48. The van der Waals surface area contributed by atoms with E-state index >= 15 is 0 Å². The van der Waals surface area contributed by atoms with Crippen LogP contribution in [0.15, 0.2) is 126 Å². The number of aliphatic carboxylic acids is 1. The van der Waals surface area contributed by atoms with Crippen LogP contribution in [-0.4, -0.2) is 66.2 Å². The third-order valence-corrected chi connectivity index (χ3v) is 12.5. The molecule has 6 aromatic carbocycles. The summed E-state index contributed by atoms with van der Waals surface area (Å²) in [6.07, 6.45) is 2.88. The Morgan fingerprint density at radius 1 is 0.639 bits per heavy atom. The van der Waals surface area contributed by atoms with Crippen LogP contribution in [-0.2, 0) is 53.2 Å². The number of carbonyl (C=O) groups is 2. The highest BCUT2D eigenvalue weighted by Gasteiger charge is 2.34. The lowest BCUT2D eigenvalue weighted by Crippen LogP contribution is -2.29. The molecule has 3 N–H and O–H groups in total. The van der Waals surface area contributed by atoms with E-state index in [0.29, 0.717) is 43.9 Å². The highest BCUT2D eigenvalue weighted by Crippen LogP contribution is 2.42. The molecule has 0 saturated heterocycles. The van der Waals surface area contributed by atoms with Crippen LogP contribution in [0.3, 0.4) is 0 Å². The van der Waals surface area contributed by atoms with Gasteiger partial charge in [-0.05, 0) is 159 Å². The topological polar surface area (TPSA) is 159 Å². The van der Waals surface area contributed by atoms with Crippen LogP contribution in [0.4, 0.5) is 0 Å². The number of ether oxygens (including phenoxy) is 7. The average Bonchev–Trinajstić information content (AvgIpc) is 3.86. The first-order chi connectivity index (χ1) is 34.2. The van der Waals surface area contributed by atoms with Gasteiger partial charge in [0.2, 0.25) is 0 Å². The van der Waals surface area contributed by atoms with Gasteiger partial charge in [0.05, 0.1) is 32.7 Å². The normalized spacial score (nSPS) is 14.2. The Morgan fingerprint density at radius 3 is 1.65 bits per heavy atom. The van der Waals surface area contributed by atoms with Crippen LogP contribution < -0.4 is 33.9 Å². The maximum Gasteiger partial charge on any atom is 0.488 e. The molecular weight excluding hydrogens is 979 g/mol. The van der Waals surface area contributed by atoms with Crippen LogP contribution in [0.25, 0.3) is 11.1 Å². The number of carbonyl (C=O) groups excluding carboxylic acids is 1. The van der Waals surface area contributed by atoms with E-state index in [4.69, 9.17) is 48.3 Å². The lowest BCUT2D eigenvalue weighted by molar-refractivity contribution is -0.147. The quantitative estimate of drug-likeness (QED) is 0.0587. The lowest BCUT2D eigenvalue weighted by atomic mass is 9.80. The maximum absolute atomic E-state index is 11.8. The molecule has 0 fully saturated rings. The summed E-state index contributed by atoms with van der Waals surface area (Å²) >= 11 is 3.59. The zero-order chi connectivity index (χ0) is 52.2. The second-order valence-corrected chi connectivity index (χ2v) is 20.2. The molecule has 2 unspecified atom stereocenters. The molecule has 0 bridgehead atoms. The van der Waals surface area contributed by atoms with Crippen LogP contribution in [0.5, 0.6) is 34.5 Å². The summed E-state index contributed by atoms with van der Waals surface area (Å²) in [6.45, 7) is 15.0. The van der Waals surface area contributed by atoms with Gasteiger partial charge >= 0.3 is 19.1 Å². The molecule has 8 rings (SSSR count). The fourth-order valence-electron chi connectivity index (χ4n) is 8.45. The third kappa shape index (κ3) is 15.5. The van der Waals surface area contributed by atoms with Gasteiger partial charge in [-0.1, -0.05) is 78.3 Å². The molecule has 12 nitrogen and oxygen atoms in total. The van der Waals surface area contributed by atoms with Crippen molar-refractivity contribution in [1.82, 2.24) is 0 Å². The minimum Gasteiger partial charge on any atom is -0.497 e. The molecule has 72 heavy (non-hydrogen) atoms. The summed E-state index contributed by atoms with van der Waals surface area (Å²) < 4.78 is 40.9. The molecule has 6 aromatic rings. The van der Waals surface area contributed by atoms with Gasteiger partial charge in [0.1, 0.15) is 58.9 Å². The molecule has 2 heterocycles. The van der Waals surface area contributed by atoms with Crippen molar-refractivity contribution in [3.05, 3.63) is 159 Å². The molecule has 380 valence electrons. The smallest absolute Gasteiger partial charge is 0.488 e. The van der Waals surface area contributed by atoms with Crippen molar-refractivity contribution in [3.63, 3.8) is 0 Å². The van der Waals surface area contributed by atoms with E-state index in [0.717, 1.165) is 79.4 Å². The Morgan fingerprint density at radius 2 is 1.14 bits per heavy atom. The van der Waals surface area contributed by atoms with E-state index in [1.165, 1.54) is 18.2 Å². The number of methoxy groups -OCH3 is 2. The minimum absolute atomic E-state index is 0.156. The molecule has 2 atom stereocenters. The highest BCUT2D eigenvalue weighted by molar-refractivity contribution is 9.10. The maximum atomic E-state index is 11.8. The molecule has 0 aliphatic carbocycles. The van der Waals surface area contributed by atoms with Gasteiger partial charge in [-0.25, -0.2) is 0 Å². The number of halogens is 1. The Bertz CT molecular complexity index is 2770. The zero-order valence-corrected chi connectivity index (χ0v) is 44.2. The molecular formula is C58H66BBrO12. The largest absolute Gasteiger partial charge is 0.497 e. The third-order valence-electron chi connectivity index (χ3n) is 12.1. The molecule has 0 spiro atoms. The standard InChI is InChI=1S/C28H30O5.C23H27BrO4.C7H9BO3/c1-18(27(29)30)12-19-8-10-24(11-9-19)32-17-23-14-21(20-6-5-7-25(15-20)31-4)13-22-16-28(2,3)33-26(22)23;1-5-26-22(25)15(2)10-16-6-8-20(9-7-16)27-14-18-12-19(24)11-17-13-23(3,4)28-21(17)18;1-11-7-4-2-3-6(5-7)8(9)10/h5-11,13-15,18H,12,16-17H2,1-4H3,(H,29,30);6-9,11-12,15H,5,10,13-14H2,1-4H3;2-5,9-10H,1H3. The number of carboxylic acids is 1. The molecule has 0 amide bonds. The Kier molecular flexibility index (Phi) is 18.9. The number of esters is 1. The fraction of sp³-hybridized carbons (Fsp3) is 0.345. The van der Waals surface area contributed by atoms with Crippen molar-refractivity contribution in [2.45, 2.75) is 98.6 Å². The first-order valence-electron chi connectivity index (χ1n) is 24.1. The van der Waals surface area contributed by atoms with Crippen LogP contribution in [0.2, 0.25) is 0 Å². The molecule has 2 aliphatic heterocycles. The van der Waals surface area contributed by atoms with Gasteiger partial charge in [-0.15, -0.1) is 0 Å². The number of rotatable bonds is 17. The number of hydrogen-bond acceptors (Lipinski definition) is 11. The minimum atomic E-state index is -1.43. The van der Waals surface area contributed by atoms with Crippen molar-refractivity contribution in [2.75, 3.05) is 20.8 Å². The van der Waals surface area contributed by atoms with E-state index in [1.807, 2.05) is 80.6 Å². The molecule has 0 saturated carbocycles. The van der Waals surface area contributed by atoms with Gasteiger partial charge < -0.3 is 48.3 Å². The Balaban J connectivity index is 0.000000196. The van der Waals surface area contributed by atoms with E-state index in [-0.39, 0.29) is 23.1 Å². The van der Waals surface area contributed by atoms with E-state index in [1.54, 1.807) is 38.3 Å². The van der Waals surface area contributed by atoms with Crippen molar-refractivity contribution < 1.29 is 57.9 Å². The van der Waals surface area contributed by atoms with Crippen molar-refractivity contribution in [2.24, 2.45) is 11.8 Å². The van der Waals surface area contributed by atoms with E-state index in [9.17, 15) is 9.59 Å². The van der Waals surface area contributed by atoms with Crippen molar-refractivity contribution >= 4 is 40.4 Å². The number of hydrogen-bond donors (Lipinski definition) is 3. The van der Waals surface area contributed by atoms with Gasteiger partial charge in [-0.3, -0.25) is 9.59 Å². The molecule has 14 heteroatoms. The second-order valence-electron chi connectivity index (χ2n) is 19.3. The zero-order valence-electron chi connectivity index (χ0n) is 42.6. The second kappa shape index (κ2) is 24.8. The van der Waals surface area contributed by atoms with Gasteiger partial charge in [0.15, 0.2) is 0 Å². The van der Waals surface area contributed by atoms with Crippen LogP contribution >= 0.6 is 15.9 Å². The van der Waals surface area contributed by atoms with Crippen LogP contribution in [0.1, 0.15) is 81.8 Å². The first-order valence-corrected chi connectivity index (χ1v) is 24.9. The average molecular weight is 1050 g/mol. The summed E-state index contributed by atoms with van der Waals surface area (Å²) in [5.74, 6) is 3.29. The lowest BCUT2D eigenvalue weighted by Gasteiger charge is -2.18.